The van der Waals surface area contributed by atoms with Crippen molar-refractivity contribution >= 4 is 48.8 Å². The summed E-state index contributed by atoms with van der Waals surface area (Å²) >= 11 is 0. The van der Waals surface area contributed by atoms with Crippen LogP contribution in [-0.4, -0.2) is 66.2 Å². The van der Waals surface area contributed by atoms with Crippen molar-refractivity contribution in [1.82, 2.24) is 5.16 Å². The number of ether oxygens (including phenoxy) is 2. The van der Waals surface area contributed by atoms with Crippen LogP contribution in [0.5, 0.6) is 0 Å². The first-order chi connectivity index (χ1) is 19.9. The molecule has 1 aromatic heterocycles. The molecule has 1 fully saturated rings. The van der Waals surface area contributed by atoms with E-state index >= 15 is 4.39 Å². The summed E-state index contributed by atoms with van der Waals surface area (Å²) < 4.78 is 77.9. The summed E-state index contributed by atoms with van der Waals surface area (Å²) in [7, 11) is -5.07. The lowest BCUT2D eigenvalue weighted by atomic mass is 10.1. The third-order valence-electron chi connectivity index (χ3n) is 6.04. The van der Waals surface area contributed by atoms with E-state index in [-0.39, 0.29) is 31.2 Å². The number of anilines is 3. The normalized spacial score (nSPS) is 18.1. The summed E-state index contributed by atoms with van der Waals surface area (Å²) in [5.41, 5.74) is -1.56. The molecule has 0 radical (unpaired) electrons. The van der Waals surface area contributed by atoms with Gasteiger partial charge >= 0.3 is 25.8 Å². The van der Waals surface area contributed by atoms with E-state index in [1.165, 1.54) is 0 Å². The quantitative estimate of drug-likeness (QED) is 0.222. The highest BCUT2D eigenvalue weighted by Crippen LogP contribution is 2.49. The monoisotopic (exact) mass is 616 g/mol. The first-order valence-corrected chi connectivity index (χ1v) is 14.0. The average Bonchev–Trinajstić information content (AvgIpc) is 3.59. The fourth-order valence-corrected chi connectivity index (χ4v) is 5.32. The van der Waals surface area contributed by atoms with Crippen molar-refractivity contribution < 1.29 is 60.3 Å². The second-order valence-electron chi connectivity index (χ2n) is 8.89. The van der Waals surface area contributed by atoms with Crippen molar-refractivity contribution in [3.05, 3.63) is 48.1 Å². The summed E-state index contributed by atoms with van der Waals surface area (Å²) in [6.45, 7) is 0.317. The number of hydrogen-bond acceptors (Lipinski definition) is 11. The maximum atomic E-state index is 15.1. The number of allylic oxidation sites excluding steroid dienone is 1. The predicted octanol–water partition coefficient (Wildman–Crippen LogP) is 3.20. The zero-order valence-corrected chi connectivity index (χ0v) is 22.8. The Morgan fingerprint density at radius 2 is 1.95 bits per heavy atom. The third kappa shape index (κ3) is 6.74. The first kappa shape index (κ1) is 30.6. The van der Waals surface area contributed by atoms with Crippen molar-refractivity contribution in [2.75, 3.05) is 40.7 Å². The van der Waals surface area contributed by atoms with Gasteiger partial charge in [0.15, 0.2) is 29.1 Å². The van der Waals surface area contributed by atoms with E-state index in [4.69, 9.17) is 9.26 Å². The van der Waals surface area contributed by atoms with Gasteiger partial charge in [-0.15, -0.1) is 0 Å². The van der Waals surface area contributed by atoms with Crippen LogP contribution in [0.15, 0.2) is 35.2 Å². The Kier molecular flexibility index (Phi) is 9.21. The molecule has 0 saturated carbocycles. The van der Waals surface area contributed by atoms with Gasteiger partial charge < -0.3 is 23.4 Å². The molecule has 4 rings (SSSR count). The Bertz CT molecular complexity index is 1450. The lowest BCUT2D eigenvalue weighted by molar-refractivity contribution is -0.146. The summed E-state index contributed by atoms with van der Waals surface area (Å²) in [6, 6.07) is 1.72. The highest BCUT2D eigenvalue weighted by Gasteiger charge is 2.42. The number of ketones is 1. The number of benzene rings is 1. The summed E-state index contributed by atoms with van der Waals surface area (Å²) in [4.78, 5) is 59.8. The fraction of sp³-hybridized carbons (Fsp3) is 0.375. The molecule has 14 nitrogen and oxygen atoms in total. The molecule has 2 atom stereocenters. The Labute approximate surface area is 235 Å². The van der Waals surface area contributed by atoms with Crippen LogP contribution in [0.25, 0.3) is 0 Å². The predicted molar refractivity (Wildman–Crippen MR) is 136 cm³/mol. The molecule has 0 spiro atoms. The SMILES string of the molecule is CCOC(=O)CCC(=O)OP(=O)(O)N(CC1CN(c2cc(F)c(N3C=CC(=O)CC3)c(F)c2F)C(=O)O1)c1ccon1. The smallest absolute Gasteiger partial charge is 0.466 e. The van der Waals surface area contributed by atoms with E-state index in [2.05, 4.69) is 14.4 Å². The van der Waals surface area contributed by atoms with Crippen LogP contribution in [-0.2, 0) is 32.9 Å². The van der Waals surface area contributed by atoms with Crippen molar-refractivity contribution in [2.45, 2.75) is 32.3 Å². The van der Waals surface area contributed by atoms with E-state index in [1.54, 1.807) is 6.92 Å². The van der Waals surface area contributed by atoms with Crippen molar-refractivity contribution in [1.29, 1.82) is 0 Å². The van der Waals surface area contributed by atoms with Gasteiger partial charge in [-0.25, -0.2) is 27.2 Å². The summed E-state index contributed by atoms with van der Waals surface area (Å²) in [6.07, 6.45) is -0.364. The molecular formula is C24H24F3N4O10P. The van der Waals surface area contributed by atoms with Gasteiger partial charge in [-0.05, 0) is 13.0 Å². The number of aromatic nitrogens is 1. The zero-order valence-electron chi connectivity index (χ0n) is 21.9. The highest BCUT2D eigenvalue weighted by atomic mass is 31.2. The standard InChI is InChI=1S/C24H24F3N4O10P/c1-2-38-19(33)3-4-20(34)41-42(36,37)31(18-7-10-39-28-18)13-15-12-30(24(35)40-15)17-11-16(25)23(22(27)21(17)26)29-8-5-14(32)6-9-29/h5,7-8,10-11,15H,2-4,6,9,12-13H2,1H3,(H,36,37). The molecule has 226 valence electrons. The van der Waals surface area contributed by atoms with Gasteiger partial charge in [0.05, 0.1) is 38.2 Å². The Balaban J connectivity index is 1.51. The molecule has 0 bridgehead atoms. The number of carbonyl (C=O) groups is 4. The highest BCUT2D eigenvalue weighted by molar-refractivity contribution is 7.55. The molecule has 42 heavy (non-hydrogen) atoms. The van der Waals surface area contributed by atoms with E-state index in [9.17, 15) is 37.4 Å². The molecule has 1 saturated heterocycles. The van der Waals surface area contributed by atoms with Gasteiger partial charge in [-0.3, -0.25) is 24.2 Å². The number of cyclic esters (lactones) is 1. The van der Waals surface area contributed by atoms with Crippen molar-refractivity contribution in [3.8, 4) is 0 Å². The minimum atomic E-state index is -5.07. The zero-order chi connectivity index (χ0) is 30.6. The van der Waals surface area contributed by atoms with Gasteiger partial charge in [0.2, 0.25) is 0 Å². The maximum Gasteiger partial charge on any atom is 0.490 e. The Hall–Kier alpha value is -4.37. The van der Waals surface area contributed by atoms with Crippen LogP contribution in [0.3, 0.4) is 0 Å². The van der Waals surface area contributed by atoms with Gasteiger partial charge in [0.1, 0.15) is 18.1 Å². The number of rotatable bonds is 11. The second-order valence-corrected chi connectivity index (χ2v) is 10.5. The fourth-order valence-electron chi connectivity index (χ4n) is 4.12. The number of hydrogen-bond donors (Lipinski definition) is 1. The van der Waals surface area contributed by atoms with E-state index < -0.39 is 86.6 Å². The molecule has 3 heterocycles. The van der Waals surface area contributed by atoms with E-state index in [0.717, 1.165) is 29.5 Å². The molecule has 1 N–H and O–H groups in total. The summed E-state index contributed by atoms with van der Waals surface area (Å²) in [5, 5.41) is 3.53. The minimum Gasteiger partial charge on any atom is -0.466 e. The molecule has 2 aromatic rings. The topological polar surface area (TPSA) is 169 Å². The van der Waals surface area contributed by atoms with Crippen LogP contribution in [0.4, 0.5) is 35.2 Å². The van der Waals surface area contributed by atoms with Gasteiger partial charge in [0, 0.05) is 31.3 Å². The molecule has 1 amide bonds. The largest absolute Gasteiger partial charge is 0.490 e. The van der Waals surface area contributed by atoms with Crippen molar-refractivity contribution in [3.63, 3.8) is 0 Å². The number of amides is 1. The van der Waals surface area contributed by atoms with Gasteiger partial charge in [0.25, 0.3) is 0 Å². The van der Waals surface area contributed by atoms with Gasteiger partial charge in [-0.2, -0.15) is 0 Å². The average molecular weight is 616 g/mol. The molecule has 18 heteroatoms. The first-order valence-electron chi connectivity index (χ1n) is 12.4. The summed E-state index contributed by atoms with van der Waals surface area (Å²) in [5.74, 6) is -6.96. The lowest BCUT2D eigenvalue weighted by Crippen LogP contribution is -2.34. The molecule has 1 aromatic carbocycles. The maximum absolute atomic E-state index is 15.1. The molecule has 0 aliphatic carbocycles. The number of esters is 1. The van der Waals surface area contributed by atoms with Gasteiger partial charge in [-0.1, -0.05) is 5.16 Å². The van der Waals surface area contributed by atoms with Crippen molar-refractivity contribution in [2.24, 2.45) is 0 Å². The Morgan fingerprint density at radius 3 is 2.60 bits per heavy atom. The Morgan fingerprint density at radius 1 is 1.21 bits per heavy atom. The van der Waals surface area contributed by atoms with Crippen LogP contribution >= 0.6 is 7.75 Å². The third-order valence-corrected chi connectivity index (χ3v) is 7.46. The van der Waals surface area contributed by atoms with Crippen LogP contribution in [0.1, 0.15) is 26.2 Å². The molecule has 2 aliphatic heterocycles. The van der Waals surface area contributed by atoms with E-state index in [1.807, 2.05) is 0 Å². The molecule has 2 unspecified atom stereocenters. The number of nitrogens with zero attached hydrogens (tertiary/aromatic N) is 4. The minimum absolute atomic E-state index is 0.0453. The number of halogens is 3. The van der Waals surface area contributed by atoms with Crippen LogP contribution in [0.2, 0.25) is 0 Å². The molecular weight excluding hydrogens is 592 g/mol. The van der Waals surface area contributed by atoms with Crippen LogP contribution in [0, 0.1) is 17.5 Å². The lowest BCUT2D eigenvalue weighted by Gasteiger charge is -2.27. The second kappa shape index (κ2) is 12.7. The number of carbonyl (C=O) groups excluding carboxylic acids is 4. The van der Waals surface area contributed by atoms with E-state index in [0.29, 0.717) is 15.6 Å². The van der Waals surface area contributed by atoms with Crippen LogP contribution < -0.4 is 14.5 Å². The molecule has 2 aliphatic rings.